The molecule has 5 heteroatoms. The molecule has 0 unspecified atom stereocenters. The van der Waals surface area contributed by atoms with Gasteiger partial charge in [-0.3, -0.25) is 4.79 Å². The third-order valence-corrected chi connectivity index (χ3v) is 5.58. The van der Waals surface area contributed by atoms with Crippen molar-refractivity contribution in [1.82, 2.24) is 0 Å². The van der Waals surface area contributed by atoms with Crippen LogP contribution in [-0.2, 0) is 4.79 Å². The van der Waals surface area contributed by atoms with Gasteiger partial charge in [-0.25, -0.2) is 0 Å². The number of carbonyl (C=O) groups is 1. The van der Waals surface area contributed by atoms with Crippen LogP contribution in [0.4, 0.5) is 0 Å². The van der Waals surface area contributed by atoms with E-state index < -0.39 is 12.1 Å². The molecule has 1 fully saturated rings. The van der Waals surface area contributed by atoms with Gasteiger partial charge in [0.1, 0.15) is 5.75 Å². The molecule has 1 aliphatic rings. The third-order valence-electron chi connectivity index (χ3n) is 5.07. The lowest BCUT2D eigenvalue weighted by Crippen LogP contribution is -2.27. The van der Waals surface area contributed by atoms with Gasteiger partial charge in [-0.1, -0.05) is 29.8 Å². The molecule has 4 nitrogen and oxygen atoms in total. The van der Waals surface area contributed by atoms with Crippen LogP contribution in [-0.4, -0.2) is 34.3 Å². The largest absolute Gasteiger partial charge is 0.493 e. The highest BCUT2D eigenvalue weighted by Gasteiger charge is 2.41. The molecule has 0 bridgehead atoms. The number of allylic oxidation sites excluding steroid dienone is 2. The molecule has 0 radical (unpaired) electrons. The van der Waals surface area contributed by atoms with Crippen LogP contribution in [0.1, 0.15) is 43.2 Å². The van der Waals surface area contributed by atoms with Crippen LogP contribution < -0.4 is 4.74 Å². The summed E-state index contributed by atoms with van der Waals surface area (Å²) in [7, 11) is 0. The highest BCUT2D eigenvalue weighted by Crippen LogP contribution is 2.39. The van der Waals surface area contributed by atoms with Crippen molar-refractivity contribution in [2.45, 2.75) is 57.4 Å². The number of halogens is 1. The van der Waals surface area contributed by atoms with Gasteiger partial charge in [0.2, 0.25) is 0 Å². The number of alkyl halides is 1. The lowest BCUT2D eigenvalue weighted by Gasteiger charge is -2.23. The van der Waals surface area contributed by atoms with Gasteiger partial charge < -0.3 is 14.9 Å². The number of aryl methyl sites for hydroxylation is 2. The Morgan fingerprint density at radius 3 is 2.77 bits per heavy atom. The first-order valence-electron chi connectivity index (χ1n) is 9.27. The first-order chi connectivity index (χ1) is 12.4. The molecule has 0 aromatic heterocycles. The fourth-order valence-corrected chi connectivity index (χ4v) is 4.05. The minimum absolute atomic E-state index is 0.00173. The zero-order valence-corrected chi connectivity index (χ0v) is 16.3. The highest BCUT2D eigenvalue weighted by atomic mass is 35.5. The Balaban J connectivity index is 1.88. The lowest BCUT2D eigenvalue weighted by atomic mass is 9.92. The van der Waals surface area contributed by atoms with Crippen molar-refractivity contribution < 1.29 is 19.7 Å². The minimum atomic E-state index is -0.762. The maximum Gasteiger partial charge on any atom is 0.303 e. The van der Waals surface area contributed by atoms with E-state index >= 15 is 0 Å². The van der Waals surface area contributed by atoms with Gasteiger partial charge in [-0.2, -0.15) is 0 Å². The number of carboxylic acid groups (broad SMARTS) is 1. The summed E-state index contributed by atoms with van der Waals surface area (Å²) in [6.07, 6.45) is 6.56. The van der Waals surface area contributed by atoms with E-state index in [4.69, 9.17) is 21.4 Å². The normalized spacial score (nSPS) is 25.7. The number of rotatable bonds is 9. The summed E-state index contributed by atoms with van der Waals surface area (Å²) in [5.74, 6) is 0.251. The second-order valence-electron chi connectivity index (χ2n) is 7.22. The van der Waals surface area contributed by atoms with Crippen LogP contribution in [0.15, 0.2) is 30.4 Å². The zero-order valence-electron chi connectivity index (χ0n) is 15.5. The molecule has 1 aliphatic carbocycles. The Morgan fingerprint density at radius 2 is 2.08 bits per heavy atom. The van der Waals surface area contributed by atoms with Crippen molar-refractivity contribution in [3.8, 4) is 5.75 Å². The summed E-state index contributed by atoms with van der Waals surface area (Å²) in [5.41, 5.74) is 2.29. The Bertz CT molecular complexity index is 628. The fourth-order valence-electron chi connectivity index (χ4n) is 3.58. The van der Waals surface area contributed by atoms with Gasteiger partial charge in [0, 0.05) is 17.7 Å². The molecule has 0 spiro atoms. The van der Waals surface area contributed by atoms with Gasteiger partial charge >= 0.3 is 5.97 Å². The molecular weight excluding hydrogens is 352 g/mol. The van der Waals surface area contributed by atoms with Gasteiger partial charge in [0.25, 0.3) is 0 Å². The highest BCUT2D eigenvalue weighted by molar-refractivity contribution is 6.21. The number of benzene rings is 1. The first kappa shape index (κ1) is 20.8. The summed E-state index contributed by atoms with van der Waals surface area (Å²) >= 11 is 6.46. The van der Waals surface area contributed by atoms with E-state index in [1.807, 2.05) is 25.1 Å². The van der Waals surface area contributed by atoms with Crippen molar-refractivity contribution in [3.05, 3.63) is 41.5 Å². The first-order valence-corrected chi connectivity index (χ1v) is 9.71. The standard InChI is InChI=1S/C21H29ClO4/c1-14-9-10-20(15(2)11-14)26-13-17-16(18(22)12-19(17)23)7-5-3-4-6-8-21(24)25/h3,5,9-11,16-19,23H,4,6-8,12-13H2,1-2H3,(H,24,25)/b5-3-/t16-,17-,18+,19-/m1/s1. The predicted molar refractivity (Wildman–Crippen MR) is 104 cm³/mol. The molecule has 4 atom stereocenters. The van der Waals surface area contributed by atoms with Crippen LogP contribution in [0.25, 0.3) is 0 Å². The second kappa shape index (κ2) is 9.98. The number of hydrogen-bond donors (Lipinski definition) is 2. The number of ether oxygens (including phenoxy) is 1. The maximum atomic E-state index is 10.5. The van der Waals surface area contributed by atoms with Gasteiger partial charge in [0.15, 0.2) is 0 Å². The third kappa shape index (κ3) is 6.03. The molecule has 26 heavy (non-hydrogen) atoms. The monoisotopic (exact) mass is 380 g/mol. The van der Waals surface area contributed by atoms with Gasteiger partial charge in [0.05, 0.1) is 12.7 Å². The molecule has 1 saturated carbocycles. The average molecular weight is 381 g/mol. The lowest BCUT2D eigenvalue weighted by molar-refractivity contribution is -0.137. The Kier molecular flexibility index (Phi) is 7.98. The van der Waals surface area contributed by atoms with Crippen molar-refractivity contribution >= 4 is 17.6 Å². The van der Waals surface area contributed by atoms with Crippen molar-refractivity contribution in [1.29, 1.82) is 0 Å². The van der Waals surface area contributed by atoms with Crippen LogP contribution in [0, 0.1) is 25.7 Å². The molecule has 1 aromatic carbocycles. The summed E-state index contributed by atoms with van der Waals surface area (Å²) in [6.45, 7) is 4.52. The minimum Gasteiger partial charge on any atom is -0.493 e. The predicted octanol–water partition coefficient (Wildman–Crippen LogP) is 4.49. The Morgan fingerprint density at radius 1 is 1.31 bits per heavy atom. The van der Waals surface area contributed by atoms with Crippen LogP contribution >= 0.6 is 11.6 Å². The van der Waals surface area contributed by atoms with E-state index in [2.05, 4.69) is 19.1 Å². The van der Waals surface area contributed by atoms with Crippen LogP contribution in [0.3, 0.4) is 0 Å². The molecule has 2 N–H and O–H groups in total. The molecule has 1 aromatic rings. The van der Waals surface area contributed by atoms with Crippen molar-refractivity contribution in [2.75, 3.05) is 6.61 Å². The Hall–Kier alpha value is -1.52. The van der Waals surface area contributed by atoms with Gasteiger partial charge in [-0.15, -0.1) is 11.6 Å². The number of aliphatic hydroxyl groups is 1. The van der Waals surface area contributed by atoms with Crippen molar-refractivity contribution in [2.24, 2.45) is 11.8 Å². The molecule has 0 heterocycles. The van der Waals surface area contributed by atoms with Crippen LogP contribution in [0.5, 0.6) is 5.75 Å². The zero-order chi connectivity index (χ0) is 19.1. The topological polar surface area (TPSA) is 66.8 Å². The number of carboxylic acids is 1. The molecule has 0 amide bonds. The van der Waals surface area contributed by atoms with Crippen molar-refractivity contribution in [3.63, 3.8) is 0 Å². The smallest absolute Gasteiger partial charge is 0.303 e. The molecular formula is C21H29ClO4. The summed E-state index contributed by atoms with van der Waals surface area (Å²) in [5, 5.41) is 18.9. The molecule has 0 aliphatic heterocycles. The number of unbranched alkanes of at least 4 members (excludes halogenated alkanes) is 1. The van der Waals surface area contributed by atoms with E-state index in [0.29, 0.717) is 19.4 Å². The number of aliphatic hydroxyl groups excluding tert-OH is 1. The molecule has 0 saturated heterocycles. The molecule has 2 rings (SSSR count). The van der Waals surface area contributed by atoms with E-state index in [-0.39, 0.29) is 23.6 Å². The Labute approximate surface area is 160 Å². The molecule has 144 valence electrons. The van der Waals surface area contributed by atoms with E-state index in [1.165, 1.54) is 5.56 Å². The summed E-state index contributed by atoms with van der Waals surface area (Å²) < 4.78 is 5.99. The number of hydrogen-bond acceptors (Lipinski definition) is 3. The maximum absolute atomic E-state index is 10.5. The average Bonchev–Trinajstić information content (AvgIpc) is 2.83. The summed E-state index contributed by atoms with van der Waals surface area (Å²) in [4.78, 5) is 10.5. The quantitative estimate of drug-likeness (QED) is 0.376. The fraction of sp³-hybridized carbons (Fsp3) is 0.571. The second-order valence-corrected chi connectivity index (χ2v) is 7.78. The summed E-state index contributed by atoms with van der Waals surface area (Å²) in [6, 6.07) is 6.08. The van der Waals surface area contributed by atoms with E-state index in [1.54, 1.807) is 0 Å². The van der Waals surface area contributed by atoms with E-state index in [0.717, 1.165) is 24.2 Å². The number of aliphatic carboxylic acids is 1. The van der Waals surface area contributed by atoms with Crippen LogP contribution in [0.2, 0.25) is 0 Å². The van der Waals surface area contributed by atoms with Gasteiger partial charge in [-0.05, 0) is 57.1 Å². The van der Waals surface area contributed by atoms with E-state index in [9.17, 15) is 9.90 Å². The SMILES string of the molecule is Cc1ccc(OC[C@@H]2[C@@H](C/C=C\CCCC(=O)O)[C@@H](Cl)C[C@H]2O)c(C)c1.